The van der Waals surface area contributed by atoms with E-state index < -0.39 is 29.3 Å². The normalized spacial score (nSPS) is 19.2. The Labute approximate surface area is 375 Å². The van der Waals surface area contributed by atoms with Crippen LogP contribution in [0.25, 0.3) is 22.0 Å². The number of benzene rings is 3. The minimum Gasteiger partial charge on any atom is -0.389 e. The number of rotatable bonds is 10. The fourth-order valence-electron chi connectivity index (χ4n) is 10.2. The molecule has 4 saturated heterocycles. The van der Waals surface area contributed by atoms with Crippen molar-refractivity contribution in [1.82, 2.24) is 34.5 Å². The van der Waals surface area contributed by atoms with Crippen LogP contribution in [0.4, 0.5) is 35.8 Å². The van der Waals surface area contributed by atoms with Crippen LogP contribution in [0.3, 0.4) is 0 Å². The monoisotopic (exact) mass is 901 g/mol. The van der Waals surface area contributed by atoms with E-state index >= 15 is 8.78 Å². The Kier molecular flexibility index (Phi) is 9.94. The van der Waals surface area contributed by atoms with Crippen LogP contribution in [0, 0.1) is 17.0 Å². The van der Waals surface area contributed by atoms with Crippen LogP contribution in [0.15, 0.2) is 78.7 Å². The number of fused-ring (bicyclic) bond motifs is 2. The fraction of sp³-hybridized carbons (Fsp3) is 0.370. The maximum absolute atomic E-state index is 15.8. The molecule has 16 nitrogen and oxygen atoms in total. The standard InChI is InChI=1S/C46H45F2N11O5S/c47-33-18-29(19-35-32(33)22-59(53-35)41(42(62)52-43-49-12-17-65-43)40-37-2-1-13-55(37)27-50-40)28-3-5-30(6-4-28)56-23-45(24-56)25-57(26-45)39(61)21-46(64)10-15-54(16-11-46)36-8-7-31(20-34(36)48)58-14-9-38(60)51-44(58)63/h3-8,12,17-20,22,27,41,64H,1-2,9-11,13-16,21,23-26H2,(H,49,52,62)(H,51,60,63). The zero-order valence-corrected chi connectivity index (χ0v) is 36.1. The summed E-state index contributed by atoms with van der Waals surface area (Å²) < 4.78 is 34.7. The van der Waals surface area contributed by atoms with E-state index in [4.69, 9.17) is 5.10 Å². The number of urea groups is 1. The van der Waals surface area contributed by atoms with Crippen LogP contribution < -0.4 is 25.3 Å². The molecule has 19 heteroatoms. The average Bonchev–Trinajstić information content (AvgIpc) is 4.08. The summed E-state index contributed by atoms with van der Waals surface area (Å²) in [5.74, 6) is -1.75. The molecule has 3 aromatic carbocycles. The number of imide groups is 1. The van der Waals surface area contributed by atoms with Gasteiger partial charge in [0, 0.05) is 99.0 Å². The number of aryl methyl sites for hydroxylation is 1. The van der Waals surface area contributed by atoms with Gasteiger partial charge in [-0.1, -0.05) is 12.1 Å². The number of nitrogens with zero attached hydrogens (tertiary/aromatic N) is 9. The topological polar surface area (TPSA) is 174 Å². The first-order valence-corrected chi connectivity index (χ1v) is 22.7. The van der Waals surface area contributed by atoms with Gasteiger partial charge in [-0.3, -0.25) is 34.6 Å². The summed E-state index contributed by atoms with van der Waals surface area (Å²) in [7, 11) is 0. The van der Waals surface area contributed by atoms with Crippen molar-refractivity contribution in [3.8, 4) is 11.1 Å². The number of likely N-dealkylation sites (tertiary alicyclic amines) is 1. The Morgan fingerprint density at radius 1 is 0.877 bits per heavy atom. The molecule has 0 saturated carbocycles. The molecular weight excluding hydrogens is 857 g/mol. The van der Waals surface area contributed by atoms with Crippen LogP contribution in [0.2, 0.25) is 0 Å². The number of hydrogen-bond acceptors (Lipinski definition) is 11. The molecule has 65 heavy (non-hydrogen) atoms. The predicted octanol–water partition coefficient (Wildman–Crippen LogP) is 5.33. The second-order valence-corrected chi connectivity index (χ2v) is 18.9. The average molecular weight is 902 g/mol. The highest BCUT2D eigenvalue weighted by atomic mass is 32.1. The molecule has 4 fully saturated rings. The van der Waals surface area contributed by atoms with E-state index in [-0.39, 0.29) is 42.5 Å². The number of imidazole rings is 1. The maximum Gasteiger partial charge on any atom is 0.328 e. The van der Waals surface area contributed by atoms with Crippen molar-refractivity contribution in [2.75, 3.05) is 65.8 Å². The van der Waals surface area contributed by atoms with Crippen molar-refractivity contribution in [2.45, 2.75) is 56.7 Å². The van der Waals surface area contributed by atoms with E-state index in [2.05, 4.69) is 30.1 Å². The number of thiazole rings is 1. The summed E-state index contributed by atoms with van der Waals surface area (Å²) in [6.45, 7) is 4.55. The van der Waals surface area contributed by atoms with Crippen LogP contribution in [-0.2, 0) is 27.3 Å². The fourth-order valence-corrected chi connectivity index (χ4v) is 10.7. The van der Waals surface area contributed by atoms with Gasteiger partial charge in [0.15, 0.2) is 11.2 Å². The van der Waals surface area contributed by atoms with Crippen LogP contribution in [0.5, 0.6) is 0 Å². The molecule has 0 radical (unpaired) electrons. The molecule has 5 amide bonds. The number of aliphatic hydroxyl groups is 1. The highest BCUT2D eigenvalue weighted by molar-refractivity contribution is 7.13. The van der Waals surface area contributed by atoms with Gasteiger partial charge in [-0.05, 0) is 79.3 Å². The number of carbonyl (C=O) groups excluding carboxylic acids is 4. The molecule has 0 aliphatic carbocycles. The minimum absolute atomic E-state index is 0.00685. The van der Waals surface area contributed by atoms with E-state index in [0.717, 1.165) is 49.4 Å². The lowest BCUT2D eigenvalue weighted by molar-refractivity contribution is -0.151. The molecule has 5 aliphatic heterocycles. The summed E-state index contributed by atoms with van der Waals surface area (Å²) in [5.41, 5.74) is 4.01. The second kappa shape index (κ2) is 15.8. The Balaban J connectivity index is 0.691. The van der Waals surface area contributed by atoms with Gasteiger partial charge >= 0.3 is 6.03 Å². The van der Waals surface area contributed by atoms with Crippen LogP contribution in [0.1, 0.15) is 49.5 Å². The van der Waals surface area contributed by atoms with Gasteiger partial charge in [0.1, 0.15) is 11.6 Å². The maximum atomic E-state index is 15.8. The van der Waals surface area contributed by atoms with Crippen molar-refractivity contribution in [1.29, 1.82) is 0 Å². The van der Waals surface area contributed by atoms with E-state index in [1.165, 1.54) is 33.1 Å². The number of carbonyl (C=O) groups is 4. The molecule has 5 aliphatic rings. The quantitative estimate of drug-likeness (QED) is 0.163. The van der Waals surface area contributed by atoms with Gasteiger partial charge in [0.2, 0.25) is 11.8 Å². The first kappa shape index (κ1) is 41.0. The Bertz CT molecular complexity index is 2860. The van der Waals surface area contributed by atoms with Crippen molar-refractivity contribution in [3.63, 3.8) is 0 Å². The molecule has 334 valence electrons. The number of aromatic nitrogens is 5. The Morgan fingerprint density at radius 2 is 1.66 bits per heavy atom. The number of nitrogens with one attached hydrogen (secondary N) is 2. The molecular formula is C46H45F2N11O5S. The van der Waals surface area contributed by atoms with E-state index in [9.17, 15) is 24.3 Å². The Morgan fingerprint density at radius 3 is 2.40 bits per heavy atom. The van der Waals surface area contributed by atoms with Crippen molar-refractivity contribution >= 4 is 68.2 Å². The highest BCUT2D eigenvalue weighted by Gasteiger charge is 2.54. The summed E-state index contributed by atoms with van der Waals surface area (Å²) >= 11 is 1.31. The number of anilines is 4. The first-order chi connectivity index (χ1) is 31.4. The second-order valence-electron chi connectivity index (χ2n) is 18.0. The lowest BCUT2D eigenvalue weighted by Gasteiger charge is -2.61. The lowest BCUT2D eigenvalue weighted by Crippen LogP contribution is -2.73. The number of piperidine rings is 1. The lowest BCUT2D eigenvalue weighted by atomic mass is 9.72. The van der Waals surface area contributed by atoms with Gasteiger partial charge in [-0.25, -0.2) is 23.5 Å². The van der Waals surface area contributed by atoms with Gasteiger partial charge in [-0.15, -0.1) is 11.3 Å². The van der Waals surface area contributed by atoms with Gasteiger partial charge in [0.05, 0.1) is 40.6 Å². The van der Waals surface area contributed by atoms with E-state index in [1.54, 1.807) is 36.2 Å². The summed E-state index contributed by atoms with van der Waals surface area (Å²) in [6, 6.07) is 14.3. The van der Waals surface area contributed by atoms with Gasteiger partial charge in [-0.2, -0.15) is 5.10 Å². The highest BCUT2D eigenvalue weighted by Crippen LogP contribution is 2.43. The number of hydrogen-bond donors (Lipinski definition) is 3. The zero-order valence-electron chi connectivity index (χ0n) is 35.3. The third kappa shape index (κ3) is 7.55. The Hall–Kier alpha value is -6.73. The van der Waals surface area contributed by atoms with E-state index in [1.807, 2.05) is 40.1 Å². The summed E-state index contributed by atoms with van der Waals surface area (Å²) in [6.07, 6.45) is 7.45. The van der Waals surface area contributed by atoms with Gasteiger partial charge in [0.25, 0.3) is 5.91 Å². The molecule has 1 spiro atoms. The number of halogens is 2. The minimum atomic E-state index is -1.19. The third-order valence-electron chi connectivity index (χ3n) is 13.7. The summed E-state index contributed by atoms with van der Waals surface area (Å²) in [4.78, 5) is 67.0. The SMILES string of the molecule is O=C1CCN(c2ccc(N3CCC(O)(CC(=O)N4CC5(C4)CN(c4ccc(-c6cc(F)c7cn(C(C(=O)Nc8nccs8)c8ncn9c8CCC9)nc7c6)cc4)C5)CC3)c(F)c2)C(=O)N1. The molecule has 3 aromatic heterocycles. The van der Waals surface area contributed by atoms with Crippen molar-refractivity contribution in [3.05, 3.63) is 102 Å². The molecule has 0 bridgehead atoms. The predicted molar refractivity (Wildman–Crippen MR) is 239 cm³/mol. The molecule has 1 unspecified atom stereocenters. The van der Waals surface area contributed by atoms with Gasteiger partial charge < -0.3 is 24.4 Å². The third-order valence-corrected chi connectivity index (χ3v) is 14.3. The van der Waals surface area contributed by atoms with Crippen molar-refractivity contribution < 1.29 is 33.1 Å². The van der Waals surface area contributed by atoms with E-state index in [0.29, 0.717) is 77.7 Å². The summed E-state index contributed by atoms with van der Waals surface area (Å²) in [5, 5.41) is 23.8. The van der Waals surface area contributed by atoms with Crippen LogP contribution in [-0.4, -0.2) is 109 Å². The van der Waals surface area contributed by atoms with Crippen LogP contribution >= 0.6 is 11.3 Å². The largest absolute Gasteiger partial charge is 0.389 e. The number of amides is 5. The smallest absolute Gasteiger partial charge is 0.328 e. The molecule has 3 N–H and O–H groups in total. The molecule has 11 rings (SSSR count). The first-order valence-electron chi connectivity index (χ1n) is 21.8. The van der Waals surface area contributed by atoms with Crippen molar-refractivity contribution in [2.24, 2.45) is 5.41 Å². The molecule has 1 atom stereocenters. The zero-order chi connectivity index (χ0) is 44.6. The molecule has 8 heterocycles. The molecule has 6 aromatic rings.